The van der Waals surface area contributed by atoms with Gasteiger partial charge in [-0.25, -0.2) is 4.68 Å². The number of para-hydroxylation sites is 1. The van der Waals surface area contributed by atoms with Crippen LogP contribution in [0.25, 0.3) is 5.69 Å². The van der Waals surface area contributed by atoms with Crippen LogP contribution in [0.1, 0.15) is 25.0 Å². The highest BCUT2D eigenvalue weighted by Gasteiger charge is 2.34. The van der Waals surface area contributed by atoms with Crippen molar-refractivity contribution in [3.63, 3.8) is 0 Å². The van der Waals surface area contributed by atoms with Gasteiger partial charge in [0.15, 0.2) is 0 Å². The second kappa shape index (κ2) is 6.58. The van der Waals surface area contributed by atoms with Gasteiger partial charge in [0, 0.05) is 13.0 Å². The summed E-state index contributed by atoms with van der Waals surface area (Å²) in [6.45, 7) is 1.77. The Morgan fingerprint density at radius 3 is 2.40 bits per heavy atom. The van der Waals surface area contributed by atoms with Gasteiger partial charge >= 0.3 is 5.97 Å². The Kier molecular flexibility index (Phi) is 4.48. The quantitative estimate of drug-likeness (QED) is 0.887. The zero-order valence-electron chi connectivity index (χ0n) is 14.2. The molecule has 1 fully saturated rings. The molecular weight excluding hydrogens is 322 g/mol. The third-order valence-electron chi connectivity index (χ3n) is 4.96. The van der Waals surface area contributed by atoms with E-state index >= 15 is 0 Å². The summed E-state index contributed by atoms with van der Waals surface area (Å²) in [5.41, 5.74) is 1.31. The number of benzene rings is 1. The zero-order valence-corrected chi connectivity index (χ0v) is 14.2. The van der Waals surface area contributed by atoms with Gasteiger partial charge in [-0.05, 0) is 38.3 Å². The molecule has 7 heteroatoms. The van der Waals surface area contributed by atoms with Gasteiger partial charge in [0.25, 0.3) is 5.56 Å². The lowest BCUT2D eigenvalue weighted by Crippen LogP contribution is -2.26. The van der Waals surface area contributed by atoms with Crippen LogP contribution in [0, 0.1) is 18.8 Å². The molecule has 1 saturated carbocycles. The van der Waals surface area contributed by atoms with Crippen molar-refractivity contribution >= 4 is 17.6 Å². The fraction of sp³-hybridized carbons (Fsp3) is 0.389. The number of anilines is 1. The van der Waals surface area contributed by atoms with Crippen molar-refractivity contribution in [1.82, 2.24) is 9.36 Å². The van der Waals surface area contributed by atoms with Crippen molar-refractivity contribution in [2.24, 2.45) is 18.9 Å². The molecule has 3 rings (SSSR count). The largest absolute Gasteiger partial charge is 0.481 e. The molecule has 0 aliphatic heterocycles. The van der Waals surface area contributed by atoms with Gasteiger partial charge in [0.2, 0.25) is 5.91 Å². The number of aromatic nitrogens is 2. The fourth-order valence-corrected chi connectivity index (χ4v) is 3.38. The number of amides is 1. The SMILES string of the molecule is Cc1c(NC(=O)[C@H]2CC[C@H](C(=O)O)C2)c(=O)n(-c2ccccc2)n1C. The number of nitrogens with zero attached hydrogens (tertiary/aromatic N) is 2. The molecule has 0 saturated heterocycles. The molecule has 1 amide bonds. The molecule has 0 bridgehead atoms. The van der Waals surface area contributed by atoms with Crippen LogP contribution >= 0.6 is 0 Å². The van der Waals surface area contributed by atoms with Crippen LogP contribution < -0.4 is 10.9 Å². The number of hydrogen-bond donors (Lipinski definition) is 2. The lowest BCUT2D eigenvalue weighted by molar-refractivity contribution is -0.141. The Labute approximate surface area is 144 Å². The predicted molar refractivity (Wildman–Crippen MR) is 92.8 cm³/mol. The summed E-state index contributed by atoms with van der Waals surface area (Å²) in [6, 6.07) is 9.19. The second-order valence-corrected chi connectivity index (χ2v) is 6.47. The molecule has 132 valence electrons. The average Bonchev–Trinajstić information content (AvgIpc) is 3.16. The van der Waals surface area contributed by atoms with Gasteiger partial charge in [0.05, 0.1) is 17.3 Å². The number of nitrogens with one attached hydrogen (secondary N) is 1. The average molecular weight is 343 g/mol. The molecule has 2 aromatic rings. The molecule has 1 aromatic carbocycles. The Morgan fingerprint density at radius 2 is 1.80 bits per heavy atom. The van der Waals surface area contributed by atoms with Crippen molar-refractivity contribution in [1.29, 1.82) is 0 Å². The van der Waals surface area contributed by atoms with Crippen LogP contribution in [0.5, 0.6) is 0 Å². The Hall–Kier alpha value is -2.83. The van der Waals surface area contributed by atoms with Gasteiger partial charge in [-0.2, -0.15) is 0 Å². The van der Waals surface area contributed by atoms with E-state index in [0.717, 1.165) is 0 Å². The van der Waals surface area contributed by atoms with Crippen molar-refractivity contribution in [3.05, 3.63) is 46.4 Å². The first-order chi connectivity index (χ1) is 11.9. The first kappa shape index (κ1) is 17.0. The van der Waals surface area contributed by atoms with E-state index < -0.39 is 11.9 Å². The maximum Gasteiger partial charge on any atom is 0.306 e. The first-order valence-corrected chi connectivity index (χ1v) is 8.28. The standard InChI is InChI=1S/C18H21N3O4/c1-11-15(19-16(22)12-8-9-13(10-12)18(24)25)17(23)21(20(11)2)14-6-4-3-5-7-14/h3-7,12-13H,8-10H2,1-2H3,(H,19,22)(H,24,25)/t12-,13-/m0/s1. The van der Waals surface area contributed by atoms with Gasteiger partial charge in [-0.1, -0.05) is 18.2 Å². The van der Waals surface area contributed by atoms with Crippen LogP contribution in [0.15, 0.2) is 35.1 Å². The minimum atomic E-state index is -0.863. The number of rotatable bonds is 4. The lowest BCUT2D eigenvalue weighted by atomic mass is 10.0. The van der Waals surface area contributed by atoms with Crippen LogP contribution in [0.2, 0.25) is 0 Å². The third-order valence-corrected chi connectivity index (χ3v) is 4.96. The molecule has 25 heavy (non-hydrogen) atoms. The van der Waals surface area contributed by atoms with Gasteiger partial charge < -0.3 is 10.4 Å². The van der Waals surface area contributed by atoms with E-state index in [4.69, 9.17) is 5.11 Å². The van der Waals surface area contributed by atoms with Crippen LogP contribution in [0.3, 0.4) is 0 Å². The van der Waals surface area contributed by atoms with Crippen LogP contribution in [-0.4, -0.2) is 26.3 Å². The molecule has 0 radical (unpaired) electrons. The summed E-state index contributed by atoms with van der Waals surface area (Å²) in [7, 11) is 1.76. The summed E-state index contributed by atoms with van der Waals surface area (Å²) < 4.78 is 3.20. The molecule has 2 N–H and O–H groups in total. The monoisotopic (exact) mass is 343 g/mol. The molecule has 0 spiro atoms. The van der Waals surface area contributed by atoms with E-state index in [1.807, 2.05) is 30.3 Å². The highest BCUT2D eigenvalue weighted by Crippen LogP contribution is 2.32. The number of carbonyl (C=O) groups excluding carboxylic acids is 1. The smallest absolute Gasteiger partial charge is 0.306 e. The molecule has 7 nitrogen and oxygen atoms in total. The maximum absolute atomic E-state index is 12.8. The number of carboxylic acids is 1. The summed E-state index contributed by atoms with van der Waals surface area (Å²) in [4.78, 5) is 36.3. The van der Waals surface area contributed by atoms with Crippen molar-refractivity contribution < 1.29 is 14.7 Å². The molecule has 0 unspecified atom stereocenters. The van der Waals surface area contributed by atoms with Gasteiger partial charge in [0.1, 0.15) is 5.69 Å². The summed E-state index contributed by atoms with van der Waals surface area (Å²) >= 11 is 0. The Morgan fingerprint density at radius 1 is 1.16 bits per heavy atom. The molecule has 1 aliphatic carbocycles. The number of aliphatic carboxylic acids is 1. The van der Waals surface area contributed by atoms with Gasteiger partial charge in [-0.3, -0.25) is 19.1 Å². The Balaban J connectivity index is 1.86. The van der Waals surface area contributed by atoms with Crippen molar-refractivity contribution in [2.75, 3.05) is 5.32 Å². The molecule has 1 heterocycles. The van der Waals surface area contributed by atoms with E-state index in [2.05, 4.69) is 5.32 Å². The first-order valence-electron chi connectivity index (χ1n) is 8.28. The topological polar surface area (TPSA) is 93.3 Å². The highest BCUT2D eigenvalue weighted by atomic mass is 16.4. The van der Waals surface area contributed by atoms with E-state index in [0.29, 0.717) is 30.6 Å². The normalized spacial score (nSPS) is 19.8. The van der Waals surface area contributed by atoms with Crippen LogP contribution in [0.4, 0.5) is 5.69 Å². The number of carboxylic acid groups (broad SMARTS) is 1. The molecule has 1 aliphatic rings. The number of carbonyl (C=O) groups is 2. The lowest BCUT2D eigenvalue weighted by Gasteiger charge is -2.09. The molecule has 1 aromatic heterocycles. The van der Waals surface area contributed by atoms with E-state index in [1.165, 1.54) is 4.68 Å². The summed E-state index contributed by atoms with van der Waals surface area (Å²) in [5, 5.41) is 11.8. The fourth-order valence-electron chi connectivity index (χ4n) is 3.38. The van der Waals surface area contributed by atoms with Gasteiger partial charge in [-0.15, -0.1) is 0 Å². The van der Waals surface area contributed by atoms with Crippen molar-refractivity contribution in [2.45, 2.75) is 26.2 Å². The van der Waals surface area contributed by atoms with Crippen molar-refractivity contribution in [3.8, 4) is 5.69 Å². The van der Waals surface area contributed by atoms with Crippen LogP contribution in [-0.2, 0) is 16.6 Å². The minimum Gasteiger partial charge on any atom is -0.481 e. The third kappa shape index (κ3) is 3.09. The predicted octanol–water partition coefficient (Wildman–Crippen LogP) is 1.92. The summed E-state index contributed by atoms with van der Waals surface area (Å²) in [6.07, 6.45) is 1.34. The molecular formula is C18H21N3O4. The Bertz CT molecular complexity index is 866. The molecule has 2 atom stereocenters. The number of hydrogen-bond acceptors (Lipinski definition) is 3. The minimum absolute atomic E-state index is 0.245. The van der Waals surface area contributed by atoms with E-state index in [1.54, 1.807) is 18.7 Å². The maximum atomic E-state index is 12.8. The van der Waals surface area contributed by atoms with E-state index in [-0.39, 0.29) is 23.1 Å². The zero-order chi connectivity index (χ0) is 18.1. The second-order valence-electron chi connectivity index (χ2n) is 6.47. The highest BCUT2D eigenvalue weighted by molar-refractivity contribution is 5.93. The van der Waals surface area contributed by atoms with E-state index in [9.17, 15) is 14.4 Å². The summed E-state index contributed by atoms with van der Waals surface area (Å²) in [5.74, 6) is -1.99.